The Morgan fingerprint density at radius 3 is 2.90 bits per heavy atom. The number of hydrogen-bond acceptors (Lipinski definition) is 8. The smallest absolute Gasteiger partial charge is 0.320 e. The van der Waals surface area contributed by atoms with Crippen molar-refractivity contribution in [2.75, 3.05) is 39.1 Å². The summed E-state index contributed by atoms with van der Waals surface area (Å²) < 4.78 is 18.9. The van der Waals surface area contributed by atoms with Gasteiger partial charge in [-0.2, -0.15) is 15.0 Å². The van der Waals surface area contributed by atoms with Crippen molar-refractivity contribution in [3.05, 3.63) is 0 Å². The van der Waals surface area contributed by atoms with Crippen LogP contribution < -0.4 is 20.5 Å². The Morgan fingerprint density at radius 1 is 1.17 bits per heavy atom. The lowest BCUT2D eigenvalue weighted by Crippen LogP contribution is -2.23. The average Bonchev–Trinajstić information content (AvgIpc) is 2.91. The van der Waals surface area contributed by atoms with Crippen LogP contribution in [0.3, 0.4) is 0 Å². The van der Waals surface area contributed by atoms with E-state index < -0.39 is 0 Å². The molecular weight excluding hydrogens is 384 g/mol. The Hall–Kier alpha value is -2.13. The number of methoxy groups -OCH3 is 1. The number of nitrogens with zero attached hydrogens (tertiary/aromatic N) is 4. The minimum absolute atomic E-state index is 0.291. The number of hydrogen-bond donors (Lipinski definition) is 2. The highest BCUT2D eigenvalue weighted by Crippen LogP contribution is 2.25. The molecule has 0 aromatic carbocycles. The van der Waals surface area contributed by atoms with Gasteiger partial charge in [-0.3, -0.25) is 4.57 Å². The number of rotatable bonds is 12. The molecule has 0 amide bonds. The van der Waals surface area contributed by atoms with Gasteiger partial charge in [0.25, 0.3) is 6.01 Å². The average molecular weight is 421 g/mol. The molecule has 1 fully saturated rings. The highest BCUT2D eigenvalue weighted by molar-refractivity contribution is 5.83. The van der Waals surface area contributed by atoms with Crippen molar-refractivity contribution in [1.82, 2.24) is 24.8 Å². The van der Waals surface area contributed by atoms with Gasteiger partial charge in [0.05, 0.1) is 19.8 Å². The maximum atomic E-state index is 6.09. The Balaban J connectivity index is 1.53. The van der Waals surface area contributed by atoms with Crippen molar-refractivity contribution >= 4 is 17.0 Å². The van der Waals surface area contributed by atoms with Crippen molar-refractivity contribution in [2.45, 2.75) is 70.9 Å². The molecule has 2 aromatic heterocycles. The van der Waals surface area contributed by atoms with Gasteiger partial charge >= 0.3 is 6.01 Å². The lowest BCUT2D eigenvalue weighted by Gasteiger charge is -2.15. The van der Waals surface area contributed by atoms with Crippen molar-refractivity contribution in [2.24, 2.45) is 0 Å². The van der Waals surface area contributed by atoms with E-state index >= 15 is 0 Å². The first-order valence-corrected chi connectivity index (χ1v) is 11.3. The van der Waals surface area contributed by atoms with E-state index in [0.717, 1.165) is 51.9 Å². The van der Waals surface area contributed by atoms with Gasteiger partial charge in [-0.05, 0) is 45.2 Å². The largest absolute Gasteiger partial charge is 0.468 e. The van der Waals surface area contributed by atoms with E-state index in [0.29, 0.717) is 41.7 Å². The summed E-state index contributed by atoms with van der Waals surface area (Å²) in [6.45, 7) is 6.18. The van der Waals surface area contributed by atoms with Gasteiger partial charge in [-0.15, -0.1) is 0 Å². The molecule has 1 saturated heterocycles. The molecule has 0 radical (unpaired) electrons. The first-order chi connectivity index (χ1) is 14.7. The fourth-order valence-corrected chi connectivity index (χ4v) is 3.67. The summed E-state index contributed by atoms with van der Waals surface area (Å²) in [5.74, 6) is 0.310. The zero-order chi connectivity index (χ0) is 21.2. The molecule has 1 atom stereocenters. The number of nitrogens with one attached hydrogen (secondary N) is 1. The molecule has 0 spiro atoms. The number of imidazole rings is 1. The van der Waals surface area contributed by atoms with Gasteiger partial charge in [-0.1, -0.05) is 26.2 Å². The first-order valence-electron chi connectivity index (χ1n) is 11.3. The molecule has 3 N–H and O–H groups in total. The predicted octanol–water partition coefficient (Wildman–Crippen LogP) is 2.93. The van der Waals surface area contributed by atoms with E-state index in [1.165, 1.54) is 25.7 Å². The number of nitrogens with two attached hydrogens (primary N) is 1. The van der Waals surface area contributed by atoms with Crippen LogP contribution in [0.15, 0.2) is 0 Å². The van der Waals surface area contributed by atoms with Crippen LogP contribution in [0, 0.1) is 0 Å². The molecule has 2 aromatic rings. The second-order valence-electron chi connectivity index (χ2n) is 7.75. The second kappa shape index (κ2) is 11.9. The van der Waals surface area contributed by atoms with Crippen LogP contribution >= 0.6 is 0 Å². The normalized spacial score (nSPS) is 17.2. The van der Waals surface area contributed by atoms with Crippen LogP contribution in [-0.2, 0) is 11.3 Å². The molecular formula is C21H36N6O3. The van der Waals surface area contributed by atoms with E-state index in [4.69, 9.17) is 19.9 Å². The van der Waals surface area contributed by atoms with Crippen molar-refractivity contribution in [3.8, 4) is 12.0 Å². The molecule has 0 aliphatic carbocycles. The number of ether oxygens (including phenoxy) is 3. The summed E-state index contributed by atoms with van der Waals surface area (Å²) in [4.78, 5) is 13.2. The minimum Gasteiger partial charge on any atom is -0.468 e. The standard InChI is InChI=1S/C21H36N6O3/c1-3-4-14-30-20-25-18(22)17-19(26-20)27(21(24-17)28-2)13-8-11-23-12-10-16-9-6-5-7-15-29-16/h16,23H,3-15H2,1-2H3,(H2,22,25,26). The number of nitrogen functional groups attached to an aromatic ring is 1. The van der Waals surface area contributed by atoms with Gasteiger partial charge in [0.2, 0.25) is 0 Å². The lowest BCUT2D eigenvalue weighted by molar-refractivity contribution is 0.0531. The van der Waals surface area contributed by atoms with Crippen molar-refractivity contribution < 1.29 is 14.2 Å². The highest BCUT2D eigenvalue weighted by Gasteiger charge is 2.18. The Kier molecular flexibility index (Phi) is 8.95. The van der Waals surface area contributed by atoms with E-state index in [-0.39, 0.29) is 0 Å². The highest BCUT2D eigenvalue weighted by atomic mass is 16.5. The number of unbranched alkanes of at least 4 members (excludes halogenated alkanes) is 1. The van der Waals surface area contributed by atoms with Gasteiger partial charge in [0, 0.05) is 13.2 Å². The van der Waals surface area contributed by atoms with Crippen LogP contribution in [-0.4, -0.2) is 59.0 Å². The van der Waals surface area contributed by atoms with Crippen LogP contribution in [0.5, 0.6) is 12.0 Å². The zero-order valence-corrected chi connectivity index (χ0v) is 18.4. The predicted molar refractivity (Wildman–Crippen MR) is 117 cm³/mol. The Bertz CT molecular complexity index is 774. The molecule has 1 aliphatic rings. The first kappa shape index (κ1) is 22.6. The molecule has 30 heavy (non-hydrogen) atoms. The third kappa shape index (κ3) is 6.18. The fraction of sp³-hybridized carbons (Fsp3) is 0.762. The maximum absolute atomic E-state index is 6.09. The van der Waals surface area contributed by atoms with Gasteiger partial charge in [0.15, 0.2) is 17.0 Å². The van der Waals surface area contributed by atoms with E-state index in [2.05, 4.69) is 27.2 Å². The number of fused-ring (bicyclic) bond motifs is 1. The van der Waals surface area contributed by atoms with Gasteiger partial charge in [0.1, 0.15) is 0 Å². The third-order valence-corrected chi connectivity index (χ3v) is 5.38. The summed E-state index contributed by atoms with van der Waals surface area (Å²) in [7, 11) is 1.60. The van der Waals surface area contributed by atoms with Crippen molar-refractivity contribution in [1.29, 1.82) is 0 Å². The molecule has 9 heteroatoms. The fourth-order valence-electron chi connectivity index (χ4n) is 3.67. The number of aryl methyl sites for hydroxylation is 1. The van der Waals surface area contributed by atoms with Crippen LogP contribution in [0.2, 0.25) is 0 Å². The van der Waals surface area contributed by atoms with Gasteiger partial charge in [-0.25, -0.2) is 0 Å². The van der Waals surface area contributed by atoms with Crippen molar-refractivity contribution in [3.63, 3.8) is 0 Å². The summed E-state index contributed by atoms with van der Waals surface area (Å²) in [5, 5.41) is 3.52. The molecule has 3 rings (SSSR count). The summed E-state index contributed by atoms with van der Waals surface area (Å²) in [5.41, 5.74) is 7.29. The van der Waals surface area contributed by atoms with E-state index in [1.54, 1.807) is 7.11 Å². The maximum Gasteiger partial charge on any atom is 0.320 e. The Labute approximate surface area is 178 Å². The molecule has 1 unspecified atom stereocenters. The summed E-state index contributed by atoms with van der Waals surface area (Å²) in [6.07, 6.45) is 9.35. The molecule has 0 saturated carbocycles. The molecule has 168 valence electrons. The Morgan fingerprint density at radius 2 is 2.07 bits per heavy atom. The second-order valence-corrected chi connectivity index (χ2v) is 7.75. The topological polar surface area (TPSA) is 109 Å². The number of anilines is 1. The zero-order valence-electron chi connectivity index (χ0n) is 18.4. The van der Waals surface area contributed by atoms with Crippen LogP contribution in [0.25, 0.3) is 11.2 Å². The minimum atomic E-state index is 0.291. The quantitative estimate of drug-likeness (QED) is 0.505. The van der Waals surface area contributed by atoms with E-state index in [1.807, 2.05) is 4.57 Å². The summed E-state index contributed by atoms with van der Waals surface area (Å²) >= 11 is 0. The number of aromatic nitrogens is 4. The molecule has 9 nitrogen and oxygen atoms in total. The molecule has 3 heterocycles. The van der Waals surface area contributed by atoms with Crippen LogP contribution in [0.4, 0.5) is 5.82 Å². The van der Waals surface area contributed by atoms with E-state index in [9.17, 15) is 0 Å². The lowest BCUT2D eigenvalue weighted by atomic mass is 10.1. The molecule has 1 aliphatic heterocycles. The van der Waals surface area contributed by atoms with Crippen LogP contribution in [0.1, 0.15) is 58.3 Å². The SMILES string of the molecule is CCCCOc1nc(N)c2nc(OC)n(CCCNCCC3CCCCCO3)c2n1. The monoisotopic (exact) mass is 420 g/mol. The molecule has 0 bridgehead atoms. The van der Waals surface area contributed by atoms with Gasteiger partial charge < -0.3 is 25.3 Å². The summed E-state index contributed by atoms with van der Waals surface area (Å²) in [6, 6.07) is 0.780. The third-order valence-electron chi connectivity index (χ3n) is 5.38.